The van der Waals surface area contributed by atoms with Gasteiger partial charge in [-0.05, 0) is 36.4 Å². The minimum absolute atomic E-state index is 0.0357. The lowest BCUT2D eigenvalue weighted by Gasteiger charge is -2.29. The minimum Gasteiger partial charge on any atom is -0.378 e. The first kappa shape index (κ1) is 19.5. The molecule has 4 rings (SSSR count). The van der Waals surface area contributed by atoms with E-state index in [2.05, 4.69) is 10.4 Å². The average molecular weight is 411 g/mol. The van der Waals surface area contributed by atoms with E-state index in [9.17, 15) is 19.3 Å². The number of non-ortho nitro benzene ring substituents is 1. The summed E-state index contributed by atoms with van der Waals surface area (Å²) in [4.78, 5) is 24.6. The molecule has 2 aromatic carbocycles. The number of anilines is 2. The largest absolute Gasteiger partial charge is 0.378 e. The second kappa shape index (κ2) is 8.29. The molecule has 30 heavy (non-hydrogen) atoms. The van der Waals surface area contributed by atoms with Crippen molar-refractivity contribution >= 4 is 23.0 Å². The van der Waals surface area contributed by atoms with Crippen LogP contribution in [0.4, 0.5) is 21.5 Å². The van der Waals surface area contributed by atoms with Crippen molar-refractivity contribution in [3.05, 3.63) is 76.4 Å². The SMILES string of the molecule is O=C(Nc1ccc(N2CCOCC2)c(F)c1)c1ccn(-c2ccc([N+](=O)[O-])cc2)n1. The molecule has 154 valence electrons. The van der Waals surface area contributed by atoms with Gasteiger partial charge in [-0.25, -0.2) is 9.07 Å². The number of hydrogen-bond acceptors (Lipinski definition) is 6. The Bertz CT molecular complexity index is 1080. The maximum Gasteiger partial charge on any atom is 0.276 e. The van der Waals surface area contributed by atoms with Crippen LogP contribution in [0.5, 0.6) is 0 Å². The summed E-state index contributed by atoms with van der Waals surface area (Å²) in [5.74, 6) is -0.916. The maximum atomic E-state index is 14.5. The van der Waals surface area contributed by atoms with Crippen LogP contribution in [0, 0.1) is 15.9 Å². The monoisotopic (exact) mass is 411 g/mol. The van der Waals surface area contributed by atoms with Gasteiger partial charge in [-0.1, -0.05) is 0 Å². The Balaban J connectivity index is 1.45. The number of ether oxygens (including phenoxy) is 1. The highest BCUT2D eigenvalue weighted by molar-refractivity contribution is 6.02. The standard InChI is InChI=1S/C20H18FN5O4/c21-17-13-14(1-6-19(17)24-9-11-30-12-10-24)22-20(27)18-7-8-25(23-18)15-2-4-16(5-3-15)26(28)29/h1-8,13H,9-12H2,(H,22,27). The quantitative estimate of drug-likeness (QED) is 0.511. The second-order valence-corrected chi connectivity index (χ2v) is 6.64. The first-order valence-electron chi connectivity index (χ1n) is 9.25. The Labute approximate surface area is 170 Å². The summed E-state index contributed by atoms with van der Waals surface area (Å²) in [7, 11) is 0. The van der Waals surface area contributed by atoms with Gasteiger partial charge in [0.2, 0.25) is 0 Å². The molecule has 1 amide bonds. The molecule has 0 atom stereocenters. The lowest BCUT2D eigenvalue weighted by molar-refractivity contribution is -0.384. The Morgan fingerprint density at radius 2 is 1.87 bits per heavy atom. The summed E-state index contributed by atoms with van der Waals surface area (Å²) < 4.78 is 21.2. The molecule has 1 aromatic heterocycles. The minimum atomic E-state index is -0.491. The number of amides is 1. The fourth-order valence-corrected chi connectivity index (χ4v) is 3.16. The van der Waals surface area contributed by atoms with Crippen molar-refractivity contribution in [1.29, 1.82) is 0 Å². The number of carbonyl (C=O) groups excluding carboxylic acids is 1. The average Bonchev–Trinajstić information content (AvgIpc) is 3.25. The third-order valence-electron chi connectivity index (χ3n) is 4.70. The van der Waals surface area contributed by atoms with Crippen LogP contribution in [-0.4, -0.2) is 46.9 Å². The molecule has 1 aliphatic heterocycles. The van der Waals surface area contributed by atoms with Gasteiger partial charge in [0.1, 0.15) is 5.82 Å². The molecule has 1 N–H and O–H groups in total. The van der Waals surface area contributed by atoms with Crippen LogP contribution in [-0.2, 0) is 4.74 Å². The number of nitro groups is 1. The molecule has 0 unspecified atom stereocenters. The van der Waals surface area contributed by atoms with Crippen LogP contribution in [0.2, 0.25) is 0 Å². The first-order valence-corrected chi connectivity index (χ1v) is 9.25. The normalized spacial score (nSPS) is 13.8. The summed E-state index contributed by atoms with van der Waals surface area (Å²) in [5, 5.41) is 17.6. The zero-order valence-corrected chi connectivity index (χ0v) is 15.8. The van der Waals surface area contributed by atoms with Crippen molar-refractivity contribution < 1.29 is 18.8 Å². The highest BCUT2D eigenvalue weighted by Crippen LogP contribution is 2.24. The van der Waals surface area contributed by atoms with Crippen molar-refractivity contribution in [2.45, 2.75) is 0 Å². The van der Waals surface area contributed by atoms with Gasteiger partial charge in [0.15, 0.2) is 5.69 Å². The summed E-state index contributed by atoms with van der Waals surface area (Å²) in [5.41, 5.74) is 1.45. The van der Waals surface area contributed by atoms with E-state index < -0.39 is 16.6 Å². The van der Waals surface area contributed by atoms with Gasteiger partial charge in [0.05, 0.1) is 29.5 Å². The summed E-state index contributed by atoms with van der Waals surface area (Å²) in [6.07, 6.45) is 1.57. The molecular formula is C20H18FN5O4. The molecular weight excluding hydrogens is 393 g/mol. The molecule has 0 radical (unpaired) electrons. The second-order valence-electron chi connectivity index (χ2n) is 6.64. The van der Waals surface area contributed by atoms with Gasteiger partial charge >= 0.3 is 0 Å². The van der Waals surface area contributed by atoms with Crippen LogP contribution in [0.3, 0.4) is 0 Å². The Morgan fingerprint density at radius 1 is 1.13 bits per heavy atom. The third-order valence-corrected chi connectivity index (χ3v) is 4.70. The van der Waals surface area contributed by atoms with E-state index in [1.165, 1.54) is 41.1 Å². The molecule has 1 saturated heterocycles. The van der Waals surface area contributed by atoms with Gasteiger partial charge in [-0.3, -0.25) is 14.9 Å². The predicted molar refractivity (Wildman–Crippen MR) is 108 cm³/mol. The Morgan fingerprint density at radius 3 is 2.53 bits per heavy atom. The molecule has 1 fully saturated rings. The van der Waals surface area contributed by atoms with Crippen molar-refractivity contribution in [2.75, 3.05) is 36.5 Å². The number of rotatable bonds is 5. The van der Waals surface area contributed by atoms with Gasteiger partial charge in [0, 0.05) is 37.1 Å². The molecule has 3 aromatic rings. The molecule has 0 bridgehead atoms. The number of benzene rings is 2. The van der Waals surface area contributed by atoms with E-state index in [0.29, 0.717) is 43.4 Å². The number of nitrogens with zero attached hydrogens (tertiary/aromatic N) is 4. The van der Waals surface area contributed by atoms with Gasteiger partial charge < -0.3 is 15.0 Å². The molecule has 0 aliphatic carbocycles. The number of aromatic nitrogens is 2. The number of morpholine rings is 1. The zero-order chi connectivity index (χ0) is 21.1. The van der Waals surface area contributed by atoms with Crippen LogP contribution in [0.25, 0.3) is 5.69 Å². The number of hydrogen-bond donors (Lipinski definition) is 1. The third kappa shape index (κ3) is 4.13. The topological polar surface area (TPSA) is 103 Å². The fourth-order valence-electron chi connectivity index (χ4n) is 3.16. The number of nitrogens with one attached hydrogen (secondary N) is 1. The molecule has 2 heterocycles. The predicted octanol–water partition coefficient (Wildman–Crippen LogP) is 3.01. The first-order chi connectivity index (χ1) is 14.5. The molecule has 9 nitrogen and oxygen atoms in total. The summed E-state index contributed by atoms with van der Waals surface area (Å²) >= 11 is 0. The lowest BCUT2D eigenvalue weighted by atomic mass is 10.2. The fraction of sp³-hybridized carbons (Fsp3) is 0.200. The van der Waals surface area contributed by atoms with E-state index in [4.69, 9.17) is 4.74 Å². The number of carbonyl (C=O) groups is 1. The van der Waals surface area contributed by atoms with Crippen molar-refractivity contribution in [3.63, 3.8) is 0 Å². The van der Waals surface area contributed by atoms with Gasteiger partial charge in [0.25, 0.3) is 11.6 Å². The summed E-state index contributed by atoms with van der Waals surface area (Å²) in [6, 6.07) is 11.8. The number of nitro benzene ring substituents is 1. The molecule has 10 heteroatoms. The molecule has 0 spiro atoms. The maximum absolute atomic E-state index is 14.5. The van der Waals surface area contributed by atoms with E-state index in [-0.39, 0.29) is 11.4 Å². The highest BCUT2D eigenvalue weighted by atomic mass is 19.1. The van der Waals surface area contributed by atoms with E-state index in [1.807, 2.05) is 4.90 Å². The smallest absolute Gasteiger partial charge is 0.276 e. The van der Waals surface area contributed by atoms with Crippen LogP contribution < -0.4 is 10.2 Å². The van der Waals surface area contributed by atoms with E-state index in [0.717, 1.165) is 0 Å². The molecule has 0 saturated carbocycles. The highest BCUT2D eigenvalue weighted by Gasteiger charge is 2.17. The Kier molecular flexibility index (Phi) is 5.40. The zero-order valence-electron chi connectivity index (χ0n) is 15.8. The van der Waals surface area contributed by atoms with Gasteiger partial charge in [-0.15, -0.1) is 0 Å². The van der Waals surface area contributed by atoms with Crippen LogP contribution in [0.15, 0.2) is 54.7 Å². The van der Waals surface area contributed by atoms with Crippen molar-refractivity contribution in [2.24, 2.45) is 0 Å². The lowest BCUT2D eigenvalue weighted by Crippen LogP contribution is -2.36. The van der Waals surface area contributed by atoms with Crippen LogP contribution >= 0.6 is 0 Å². The Hall–Kier alpha value is -3.79. The van der Waals surface area contributed by atoms with Crippen LogP contribution in [0.1, 0.15) is 10.5 Å². The van der Waals surface area contributed by atoms with E-state index in [1.54, 1.807) is 18.3 Å². The number of halogens is 1. The summed E-state index contributed by atoms with van der Waals surface area (Å²) in [6.45, 7) is 2.33. The van der Waals surface area contributed by atoms with Crippen molar-refractivity contribution in [1.82, 2.24) is 9.78 Å². The van der Waals surface area contributed by atoms with Crippen molar-refractivity contribution in [3.8, 4) is 5.69 Å². The van der Waals surface area contributed by atoms with Gasteiger partial charge in [-0.2, -0.15) is 5.10 Å². The van der Waals surface area contributed by atoms with E-state index >= 15 is 0 Å². The molecule has 1 aliphatic rings.